The molecule has 0 aliphatic carbocycles. The van der Waals surface area contributed by atoms with E-state index in [9.17, 15) is 9.90 Å². The van der Waals surface area contributed by atoms with Crippen molar-refractivity contribution < 1.29 is 14.6 Å². The van der Waals surface area contributed by atoms with Gasteiger partial charge in [-0.2, -0.15) is 0 Å². The molecule has 2 aliphatic heterocycles. The Morgan fingerprint density at radius 2 is 1.82 bits per heavy atom. The van der Waals surface area contributed by atoms with Crippen LogP contribution in [0, 0.1) is 0 Å². The van der Waals surface area contributed by atoms with E-state index in [2.05, 4.69) is 30.1 Å². The molecule has 0 radical (unpaired) electrons. The lowest BCUT2D eigenvalue weighted by Gasteiger charge is -2.27. The van der Waals surface area contributed by atoms with Crippen LogP contribution in [0.5, 0.6) is 5.75 Å². The molecule has 0 spiro atoms. The number of hydrogen-bond donors (Lipinski definition) is 1. The van der Waals surface area contributed by atoms with Gasteiger partial charge in [-0.05, 0) is 61.2 Å². The summed E-state index contributed by atoms with van der Waals surface area (Å²) in [4.78, 5) is 13.9. The molecular weight excluding hydrogens is 374 g/mol. The molecule has 0 saturated carbocycles. The lowest BCUT2D eigenvalue weighted by atomic mass is 9.85. The van der Waals surface area contributed by atoms with Gasteiger partial charge in [-0.25, -0.2) is 0 Å². The maximum Gasteiger partial charge on any atom is 0.310 e. The van der Waals surface area contributed by atoms with Crippen LogP contribution in [0.3, 0.4) is 0 Å². The highest BCUT2D eigenvalue weighted by Crippen LogP contribution is 2.42. The minimum Gasteiger partial charge on any atom is -0.488 e. The molecule has 0 amide bonds. The molecule has 1 N–H and O–H groups in total. The first-order valence-corrected chi connectivity index (χ1v) is 9.53. The molecule has 2 aliphatic rings. The van der Waals surface area contributed by atoms with Gasteiger partial charge in [0, 0.05) is 18.7 Å². The zero-order valence-electron chi connectivity index (χ0n) is 16.3. The van der Waals surface area contributed by atoms with E-state index in [0.717, 1.165) is 42.8 Å². The van der Waals surface area contributed by atoms with Gasteiger partial charge in [0.05, 0.1) is 5.92 Å². The maximum atomic E-state index is 11.5. The quantitative estimate of drug-likeness (QED) is 0.794. The average molecular weight is 400 g/mol. The van der Waals surface area contributed by atoms with Crippen molar-refractivity contribution in [2.75, 3.05) is 20.1 Å². The first-order valence-electron chi connectivity index (χ1n) is 9.53. The Labute approximate surface area is 172 Å². The zero-order chi connectivity index (χ0) is 19.0. The number of ether oxygens (including phenoxy) is 1. The normalized spacial score (nSPS) is 17.5. The van der Waals surface area contributed by atoms with Crippen molar-refractivity contribution in [1.82, 2.24) is 4.90 Å². The number of nitrogens with zero attached hydrogens (tertiary/aromatic N) is 1. The van der Waals surface area contributed by atoms with Crippen LogP contribution < -0.4 is 4.74 Å². The molecule has 2 aromatic rings. The van der Waals surface area contributed by atoms with Crippen molar-refractivity contribution in [3.8, 4) is 5.75 Å². The summed E-state index contributed by atoms with van der Waals surface area (Å²) >= 11 is 0. The molecule has 2 aromatic carbocycles. The minimum atomic E-state index is -0.807. The number of hydrogen-bond acceptors (Lipinski definition) is 3. The predicted octanol–water partition coefficient (Wildman–Crippen LogP) is 4.72. The Bertz CT molecular complexity index is 912. The van der Waals surface area contributed by atoms with Crippen molar-refractivity contribution in [1.29, 1.82) is 0 Å². The molecule has 4 rings (SSSR count). The van der Waals surface area contributed by atoms with Crippen LogP contribution in [-0.2, 0) is 11.4 Å². The zero-order valence-corrected chi connectivity index (χ0v) is 17.1. The fourth-order valence-corrected chi connectivity index (χ4v) is 3.99. The first-order chi connectivity index (χ1) is 13.0. The first kappa shape index (κ1) is 20.4. The van der Waals surface area contributed by atoms with Gasteiger partial charge in [-0.3, -0.25) is 4.79 Å². The third kappa shape index (κ3) is 3.80. The number of likely N-dealkylation sites (tertiary alicyclic amines) is 1. The van der Waals surface area contributed by atoms with E-state index in [0.29, 0.717) is 6.61 Å². The number of rotatable bonds is 2. The number of halogens is 1. The monoisotopic (exact) mass is 399 g/mol. The summed E-state index contributed by atoms with van der Waals surface area (Å²) < 4.78 is 6.12. The number of carbonyl (C=O) groups is 1. The SMILES string of the molecule is CC(C(=O)O)c1ccc2c(c1)C(=C1CCN(C)CC1)c1ccccc1CO2.Cl. The van der Waals surface area contributed by atoms with Crippen molar-refractivity contribution in [3.05, 3.63) is 70.3 Å². The maximum absolute atomic E-state index is 11.5. The number of piperidine rings is 1. The molecule has 4 nitrogen and oxygen atoms in total. The van der Waals surface area contributed by atoms with Gasteiger partial charge in [0.2, 0.25) is 0 Å². The Kier molecular flexibility index (Phi) is 6.11. The summed E-state index contributed by atoms with van der Waals surface area (Å²) in [6.45, 7) is 4.36. The minimum absolute atomic E-state index is 0. The number of benzene rings is 2. The molecule has 1 atom stereocenters. The van der Waals surface area contributed by atoms with E-state index in [1.54, 1.807) is 6.92 Å². The molecule has 1 unspecified atom stereocenters. The second kappa shape index (κ2) is 8.38. The summed E-state index contributed by atoms with van der Waals surface area (Å²) in [5, 5.41) is 9.45. The van der Waals surface area contributed by atoms with E-state index < -0.39 is 11.9 Å². The van der Waals surface area contributed by atoms with Crippen LogP contribution >= 0.6 is 12.4 Å². The lowest BCUT2D eigenvalue weighted by Crippen LogP contribution is -2.27. The van der Waals surface area contributed by atoms with Crippen LogP contribution in [0.25, 0.3) is 5.57 Å². The van der Waals surface area contributed by atoms with Gasteiger partial charge >= 0.3 is 5.97 Å². The Hall–Kier alpha value is -2.30. The van der Waals surface area contributed by atoms with Crippen molar-refractivity contribution in [3.63, 3.8) is 0 Å². The number of carboxylic acids is 1. The van der Waals surface area contributed by atoms with Crippen LogP contribution in [0.15, 0.2) is 48.0 Å². The second-order valence-electron chi connectivity index (χ2n) is 7.54. The molecule has 2 heterocycles. The predicted molar refractivity (Wildman–Crippen MR) is 113 cm³/mol. The van der Waals surface area contributed by atoms with Gasteiger partial charge in [-0.1, -0.05) is 35.9 Å². The molecule has 148 valence electrons. The fraction of sp³-hybridized carbons (Fsp3) is 0.348. The van der Waals surface area contributed by atoms with E-state index in [-0.39, 0.29) is 12.4 Å². The summed E-state index contributed by atoms with van der Waals surface area (Å²) in [6, 6.07) is 14.3. The second-order valence-corrected chi connectivity index (χ2v) is 7.54. The summed E-state index contributed by atoms with van der Waals surface area (Å²) in [5.41, 5.74) is 6.93. The van der Waals surface area contributed by atoms with Gasteiger partial charge in [0.1, 0.15) is 12.4 Å². The van der Waals surface area contributed by atoms with Crippen molar-refractivity contribution in [2.24, 2.45) is 0 Å². The van der Waals surface area contributed by atoms with Crippen LogP contribution in [0.2, 0.25) is 0 Å². The van der Waals surface area contributed by atoms with E-state index in [1.807, 2.05) is 24.3 Å². The molecular formula is C23H26ClNO3. The molecule has 0 aromatic heterocycles. The van der Waals surface area contributed by atoms with Crippen LogP contribution in [0.4, 0.5) is 0 Å². The average Bonchev–Trinajstić information content (AvgIpc) is 2.84. The van der Waals surface area contributed by atoms with E-state index in [4.69, 9.17) is 4.74 Å². The number of carboxylic acid groups (broad SMARTS) is 1. The molecule has 1 fully saturated rings. The van der Waals surface area contributed by atoms with Crippen LogP contribution in [-0.4, -0.2) is 36.1 Å². The third-order valence-electron chi connectivity index (χ3n) is 5.76. The van der Waals surface area contributed by atoms with Crippen molar-refractivity contribution in [2.45, 2.75) is 32.3 Å². The smallest absolute Gasteiger partial charge is 0.310 e. The van der Waals surface area contributed by atoms with Gasteiger partial charge in [-0.15, -0.1) is 12.4 Å². The molecule has 5 heteroatoms. The highest BCUT2D eigenvalue weighted by molar-refractivity contribution is 5.88. The standard InChI is InChI=1S/C23H25NO3.ClH/c1-15(23(25)26)17-7-8-21-20(13-17)22(16-9-11-24(2)12-10-16)19-6-4-3-5-18(19)14-27-21;/h3-8,13,15H,9-12,14H2,1-2H3,(H,25,26);1H. The third-order valence-corrected chi connectivity index (χ3v) is 5.76. The molecule has 28 heavy (non-hydrogen) atoms. The molecule has 0 bridgehead atoms. The summed E-state index contributed by atoms with van der Waals surface area (Å²) in [6.07, 6.45) is 2.05. The number of aliphatic carboxylic acids is 1. The Morgan fingerprint density at radius 3 is 2.54 bits per heavy atom. The largest absolute Gasteiger partial charge is 0.488 e. The van der Waals surface area contributed by atoms with Gasteiger partial charge in [0.25, 0.3) is 0 Å². The summed E-state index contributed by atoms with van der Waals surface area (Å²) in [7, 11) is 2.16. The van der Waals surface area contributed by atoms with E-state index in [1.165, 1.54) is 22.3 Å². The Balaban J connectivity index is 0.00000225. The van der Waals surface area contributed by atoms with Gasteiger partial charge in [0.15, 0.2) is 0 Å². The van der Waals surface area contributed by atoms with Crippen molar-refractivity contribution >= 4 is 23.9 Å². The highest BCUT2D eigenvalue weighted by Gasteiger charge is 2.25. The molecule has 1 saturated heterocycles. The highest BCUT2D eigenvalue weighted by atomic mass is 35.5. The van der Waals surface area contributed by atoms with Gasteiger partial charge < -0.3 is 14.7 Å². The fourth-order valence-electron chi connectivity index (χ4n) is 3.99. The van der Waals surface area contributed by atoms with E-state index >= 15 is 0 Å². The number of fused-ring (bicyclic) bond motifs is 2. The summed E-state index contributed by atoms with van der Waals surface area (Å²) in [5.74, 6) is -0.509. The lowest BCUT2D eigenvalue weighted by molar-refractivity contribution is -0.138. The topological polar surface area (TPSA) is 49.8 Å². The Morgan fingerprint density at radius 1 is 1.11 bits per heavy atom. The van der Waals surface area contributed by atoms with Crippen LogP contribution in [0.1, 0.15) is 47.9 Å².